The second kappa shape index (κ2) is 5.44. The Morgan fingerprint density at radius 3 is 2.21 bits per heavy atom. The van der Waals surface area contributed by atoms with Gasteiger partial charge >= 0.3 is 5.97 Å². The average Bonchev–Trinajstić information content (AvgIpc) is 2.87. The first-order chi connectivity index (χ1) is 8.99. The molecule has 0 bridgehead atoms. The highest BCUT2D eigenvalue weighted by atomic mass is 16.4. The molecule has 2 heterocycles. The number of furan rings is 1. The number of aromatic carboxylic acids is 1. The van der Waals surface area contributed by atoms with E-state index in [-0.39, 0.29) is 17.4 Å². The first-order valence-corrected chi connectivity index (χ1v) is 6.35. The summed E-state index contributed by atoms with van der Waals surface area (Å²) in [5.41, 5.74) is 0. The Morgan fingerprint density at radius 2 is 1.74 bits per heavy atom. The number of rotatable bonds is 3. The third kappa shape index (κ3) is 2.96. The van der Waals surface area contributed by atoms with Crippen molar-refractivity contribution in [1.29, 1.82) is 0 Å². The molecule has 1 fully saturated rings. The molecule has 0 unspecified atom stereocenters. The molecule has 6 nitrogen and oxygen atoms in total. The maximum absolute atomic E-state index is 12.1. The third-order valence-corrected chi connectivity index (χ3v) is 3.36. The van der Waals surface area contributed by atoms with Crippen LogP contribution in [0.15, 0.2) is 16.5 Å². The van der Waals surface area contributed by atoms with Crippen LogP contribution in [0, 0.1) is 0 Å². The zero-order chi connectivity index (χ0) is 14.0. The Hall–Kier alpha value is -1.82. The largest absolute Gasteiger partial charge is 0.475 e. The minimum atomic E-state index is -1.16. The lowest BCUT2D eigenvalue weighted by molar-refractivity contribution is 0.0557. The molecule has 6 heteroatoms. The predicted molar refractivity (Wildman–Crippen MR) is 68.3 cm³/mol. The Balaban J connectivity index is 1.99. The lowest BCUT2D eigenvalue weighted by atomic mass is 10.2. The van der Waals surface area contributed by atoms with E-state index in [1.54, 1.807) is 4.90 Å². The summed E-state index contributed by atoms with van der Waals surface area (Å²) in [7, 11) is 0. The van der Waals surface area contributed by atoms with Gasteiger partial charge in [0.15, 0.2) is 5.76 Å². The second-order valence-electron chi connectivity index (χ2n) is 4.89. The summed E-state index contributed by atoms with van der Waals surface area (Å²) in [6.45, 7) is 7.19. The van der Waals surface area contributed by atoms with Gasteiger partial charge < -0.3 is 14.4 Å². The first kappa shape index (κ1) is 13.6. The second-order valence-corrected chi connectivity index (χ2v) is 4.89. The van der Waals surface area contributed by atoms with Crippen LogP contribution in [0.5, 0.6) is 0 Å². The molecule has 1 aliphatic heterocycles. The van der Waals surface area contributed by atoms with E-state index < -0.39 is 5.97 Å². The minimum absolute atomic E-state index is 0.0930. The van der Waals surface area contributed by atoms with Gasteiger partial charge in [0.1, 0.15) is 0 Å². The van der Waals surface area contributed by atoms with Crippen LogP contribution in [0.2, 0.25) is 0 Å². The van der Waals surface area contributed by atoms with E-state index in [0.29, 0.717) is 19.1 Å². The van der Waals surface area contributed by atoms with Gasteiger partial charge in [-0.15, -0.1) is 0 Å². The Morgan fingerprint density at radius 1 is 1.16 bits per heavy atom. The zero-order valence-corrected chi connectivity index (χ0v) is 11.1. The molecule has 1 aromatic heterocycles. The average molecular weight is 266 g/mol. The number of piperazine rings is 1. The standard InChI is InChI=1S/C13H18N2O4/c1-9(2)14-5-7-15(8-6-14)12(16)10-3-4-11(19-10)13(17)18/h3-4,9H,5-8H2,1-2H3,(H,17,18). The molecular weight excluding hydrogens is 248 g/mol. The van der Waals surface area contributed by atoms with Gasteiger partial charge in [-0.05, 0) is 26.0 Å². The van der Waals surface area contributed by atoms with E-state index in [1.165, 1.54) is 12.1 Å². The lowest BCUT2D eigenvalue weighted by Gasteiger charge is -2.36. The van der Waals surface area contributed by atoms with E-state index >= 15 is 0 Å². The number of carboxylic acids is 1. The van der Waals surface area contributed by atoms with Crippen molar-refractivity contribution in [3.63, 3.8) is 0 Å². The van der Waals surface area contributed by atoms with Crippen LogP contribution < -0.4 is 0 Å². The summed E-state index contributed by atoms with van der Waals surface area (Å²) in [5, 5.41) is 8.76. The summed E-state index contributed by atoms with van der Waals surface area (Å²) in [5.74, 6) is -1.51. The van der Waals surface area contributed by atoms with Gasteiger partial charge in [0, 0.05) is 32.2 Å². The molecule has 0 aliphatic carbocycles. The maximum Gasteiger partial charge on any atom is 0.371 e. The first-order valence-electron chi connectivity index (χ1n) is 6.35. The minimum Gasteiger partial charge on any atom is -0.475 e. The summed E-state index contributed by atoms with van der Waals surface area (Å²) in [6, 6.07) is 3.19. The van der Waals surface area contributed by atoms with Crippen molar-refractivity contribution in [3.05, 3.63) is 23.7 Å². The molecule has 1 saturated heterocycles. The van der Waals surface area contributed by atoms with Gasteiger partial charge in [0.05, 0.1) is 0 Å². The van der Waals surface area contributed by atoms with Gasteiger partial charge in [-0.3, -0.25) is 9.69 Å². The molecule has 0 radical (unpaired) electrons. The number of carboxylic acid groups (broad SMARTS) is 1. The zero-order valence-electron chi connectivity index (χ0n) is 11.1. The van der Waals surface area contributed by atoms with Crippen LogP contribution in [-0.2, 0) is 0 Å². The molecule has 0 saturated carbocycles. The van der Waals surface area contributed by atoms with Crippen LogP contribution >= 0.6 is 0 Å². The molecule has 2 rings (SSSR count). The lowest BCUT2D eigenvalue weighted by Crippen LogP contribution is -2.50. The van der Waals surface area contributed by atoms with Crippen LogP contribution in [-0.4, -0.2) is 59.0 Å². The summed E-state index contributed by atoms with van der Waals surface area (Å²) >= 11 is 0. The van der Waals surface area contributed by atoms with E-state index in [4.69, 9.17) is 9.52 Å². The number of nitrogens with zero attached hydrogens (tertiary/aromatic N) is 2. The van der Waals surface area contributed by atoms with Gasteiger partial charge in [-0.25, -0.2) is 4.79 Å². The van der Waals surface area contributed by atoms with E-state index in [9.17, 15) is 9.59 Å². The molecule has 19 heavy (non-hydrogen) atoms. The molecule has 0 atom stereocenters. The highest BCUT2D eigenvalue weighted by molar-refractivity contribution is 5.93. The molecule has 0 spiro atoms. The number of amides is 1. The molecule has 0 aromatic carbocycles. The van der Waals surface area contributed by atoms with E-state index in [1.807, 2.05) is 0 Å². The number of carbonyl (C=O) groups is 2. The van der Waals surface area contributed by atoms with Crippen LogP contribution in [0.3, 0.4) is 0 Å². The number of carbonyl (C=O) groups excluding carboxylic acids is 1. The van der Waals surface area contributed by atoms with Crippen molar-refractivity contribution >= 4 is 11.9 Å². The van der Waals surface area contributed by atoms with Crippen LogP contribution in [0.1, 0.15) is 35.0 Å². The fourth-order valence-corrected chi connectivity index (χ4v) is 2.17. The van der Waals surface area contributed by atoms with Crippen molar-refractivity contribution < 1.29 is 19.1 Å². The topological polar surface area (TPSA) is 74.0 Å². The van der Waals surface area contributed by atoms with Crippen molar-refractivity contribution in [2.75, 3.05) is 26.2 Å². The molecule has 1 N–H and O–H groups in total. The van der Waals surface area contributed by atoms with Crippen molar-refractivity contribution in [2.45, 2.75) is 19.9 Å². The third-order valence-electron chi connectivity index (χ3n) is 3.36. The summed E-state index contributed by atoms with van der Waals surface area (Å²) in [4.78, 5) is 26.8. The van der Waals surface area contributed by atoms with Gasteiger partial charge in [0.25, 0.3) is 5.91 Å². The Labute approximate surface area is 111 Å². The highest BCUT2D eigenvalue weighted by Gasteiger charge is 2.25. The van der Waals surface area contributed by atoms with Crippen LogP contribution in [0.25, 0.3) is 0 Å². The SMILES string of the molecule is CC(C)N1CCN(C(=O)c2ccc(C(=O)O)o2)CC1. The summed E-state index contributed by atoms with van der Waals surface area (Å²) < 4.78 is 5.03. The van der Waals surface area contributed by atoms with E-state index in [0.717, 1.165) is 13.1 Å². The number of hydrogen-bond donors (Lipinski definition) is 1. The van der Waals surface area contributed by atoms with Gasteiger partial charge in [-0.2, -0.15) is 0 Å². The Bertz CT molecular complexity index is 473. The van der Waals surface area contributed by atoms with Gasteiger partial charge in [0.2, 0.25) is 5.76 Å². The molecule has 1 aliphatic rings. The van der Waals surface area contributed by atoms with Crippen LogP contribution in [0.4, 0.5) is 0 Å². The molecule has 1 aromatic rings. The smallest absolute Gasteiger partial charge is 0.371 e. The fraction of sp³-hybridized carbons (Fsp3) is 0.538. The fourth-order valence-electron chi connectivity index (χ4n) is 2.17. The molecular formula is C13H18N2O4. The maximum atomic E-state index is 12.1. The number of hydrogen-bond acceptors (Lipinski definition) is 4. The van der Waals surface area contributed by atoms with Gasteiger partial charge in [-0.1, -0.05) is 0 Å². The normalized spacial score (nSPS) is 16.9. The van der Waals surface area contributed by atoms with Crippen molar-refractivity contribution in [2.24, 2.45) is 0 Å². The quantitative estimate of drug-likeness (QED) is 0.888. The monoisotopic (exact) mass is 266 g/mol. The molecule has 104 valence electrons. The van der Waals surface area contributed by atoms with Crippen molar-refractivity contribution in [1.82, 2.24) is 9.80 Å². The predicted octanol–water partition coefficient (Wildman–Crippen LogP) is 1.14. The Kier molecular flexibility index (Phi) is 3.90. The highest BCUT2D eigenvalue weighted by Crippen LogP contribution is 2.13. The van der Waals surface area contributed by atoms with Crippen molar-refractivity contribution in [3.8, 4) is 0 Å². The molecule has 1 amide bonds. The van der Waals surface area contributed by atoms with E-state index in [2.05, 4.69) is 18.7 Å². The summed E-state index contributed by atoms with van der Waals surface area (Å²) in [6.07, 6.45) is 0.